The molecule has 0 aromatic heterocycles. The minimum Gasteiger partial charge on any atom is -0.385 e. The number of halogens is 1. The first-order valence-electron chi connectivity index (χ1n) is 4.83. The van der Waals surface area contributed by atoms with Gasteiger partial charge in [0.2, 0.25) is 0 Å². The van der Waals surface area contributed by atoms with E-state index in [0.717, 1.165) is 13.1 Å². The third kappa shape index (κ3) is 3.46. The van der Waals surface area contributed by atoms with Gasteiger partial charge in [-0.3, -0.25) is 0 Å². The van der Waals surface area contributed by atoms with Crippen molar-refractivity contribution in [2.45, 2.75) is 13.8 Å². The first kappa shape index (κ1) is 11.8. The van der Waals surface area contributed by atoms with Gasteiger partial charge in [-0.25, -0.2) is 0 Å². The summed E-state index contributed by atoms with van der Waals surface area (Å²) in [7, 11) is 0. The molecule has 1 rings (SSSR count). The average molecular weight is 304 g/mol. The Balaban J connectivity index is 2.59. The van der Waals surface area contributed by atoms with E-state index in [2.05, 4.69) is 60.0 Å². The first-order valence-corrected chi connectivity index (χ1v) is 5.91. The predicted octanol–water partition coefficient (Wildman–Crippen LogP) is 2.61. The summed E-state index contributed by atoms with van der Waals surface area (Å²) in [6.45, 7) is 5.95. The Morgan fingerprint density at radius 2 is 2.21 bits per heavy atom. The zero-order valence-corrected chi connectivity index (χ0v) is 10.8. The molecule has 1 aromatic rings. The largest absolute Gasteiger partial charge is 0.385 e. The van der Waals surface area contributed by atoms with Crippen molar-refractivity contribution >= 4 is 28.3 Å². The van der Waals surface area contributed by atoms with Crippen molar-refractivity contribution < 1.29 is 0 Å². The number of anilines is 1. The molecule has 0 fully saturated rings. The van der Waals surface area contributed by atoms with Gasteiger partial charge >= 0.3 is 0 Å². The summed E-state index contributed by atoms with van der Waals surface area (Å²) in [4.78, 5) is 0. The Bertz CT molecular complexity index is 299. The van der Waals surface area contributed by atoms with Crippen LogP contribution in [0.25, 0.3) is 0 Å². The van der Waals surface area contributed by atoms with Gasteiger partial charge in [-0.2, -0.15) is 0 Å². The first-order chi connectivity index (χ1) is 6.63. The fourth-order valence-corrected chi connectivity index (χ4v) is 1.84. The van der Waals surface area contributed by atoms with Gasteiger partial charge in [-0.15, -0.1) is 0 Å². The van der Waals surface area contributed by atoms with Gasteiger partial charge in [0.25, 0.3) is 0 Å². The van der Waals surface area contributed by atoms with Crippen molar-refractivity contribution in [3.05, 3.63) is 27.3 Å². The molecule has 2 nitrogen and oxygen atoms in total. The molecule has 1 atom stereocenters. The van der Waals surface area contributed by atoms with Crippen molar-refractivity contribution in [2.24, 2.45) is 11.7 Å². The number of rotatable bonds is 4. The monoisotopic (exact) mass is 304 g/mol. The highest BCUT2D eigenvalue weighted by atomic mass is 127. The van der Waals surface area contributed by atoms with Gasteiger partial charge in [0.05, 0.1) is 0 Å². The normalized spacial score (nSPS) is 12.6. The van der Waals surface area contributed by atoms with Crippen molar-refractivity contribution in [2.75, 3.05) is 18.4 Å². The van der Waals surface area contributed by atoms with Crippen LogP contribution in [0, 0.1) is 16.4 Å². The zero-order valence-electron chi connectivity index (χ0n) is 8.68. The Labute approximate surface area is 99.4 Å². The maximum atomic E-state index is 5.56. The third-order valence-electron chi connectivity index (χ3n) is 2.23. The summed E-state index contributed by atoms with van der Waals surface area (Å²) >= 11 is 2.32. The van der Waals surface area contributed by atoms with Gasteiger partial charge < -0.3 is 11.1 Å². The van der Waals surface area contributed by atoms with Crippen molar-refractivity contribution in [1.29, 1.82) is 0 Å². The summed E-state index contributed by atoms with van der Waals surface area (Å²) < 4.78 is 1.28. The molecule has 3 N–H and O–H groups in total. The Morgan fingerprint density at radius 3 is 2.79 bits per heavy atom. The van der Waals surface area contributed by atoms with Crippen LogP contribution in [0.3, 0.4) is 0 Å². The summed E-state index contributed by atoms with van der Waals surface area (Å²) in [5.41, 5.74) is 8.06. The van der Waals surface area contributed by atoms with Crippen molar-refractivity contribution in [3.8, 4) is 0 Å². The summed E-state index contributed by atoms with van der Waals surface area (Å²) in [5, 5.41) is 3.41. The predicted molar refractivity (Wildman–Crippen MR) is 70.6 cm³/mol. The van der Waals surface area contributed by atoms with Crippen molar-refractivity contribution in [1.82, 2.24) is 0 Å². The number of aryl methyl sites for hydroxylation is 1. The average Bonchev–Trinajstić information content (AvgIpc) is 2.16. The molecular weight excluding hydrogens is 287 g/mol. The van der Waals surface area contributed by atoms with E-state index in [1.54, 1.807) is 0 Å². The quantitative estimate of drug-likeness (QED) is 0.839. The summed E-state index contributed by atoms with van der Waals surface area (Å²) in [5.74, 6) is 0.522. The highest BCUT2D eigenvalue weighted by molar-refractivity contribution is 14.1. The number of benzene rings is 1. The van der Waals surface area contributed by atoms with E-state index in [4.69, 9.17) is 5.73 Å². The van der Waals surface area contributed by atoms with Crippen LogP contribution in [-0.4, -0.2) is 13.1 Å². The molecule has 0 radical (unpaired) electrons. The molecule has 0 amide bonds. The van der Waals surface area contributed by atoms with Crippen LogP contribution in [0.5, 0.6) is 0 Å². The van der Waals surface area contributed by atoms with E-state index >= 15 is 0 Å². The van der Waals surface area contributed by atoms with Gasteiger partial charge in [-0.05, 0) is 65.7 Å². The molecule has 0 aliphatic carbocycles. The molecule has 1 aromatic carbocycles. The van der Waals surface area contributed by atoms with Crippen LogP contribution in [-0.2, 0) is 0 Å². The maximum absolute atomic E-state index is 5.56. The second-order valence-corrected chi connectivity index (χ2v) is 4.93. The van der Waals surface area contributed by atoms with Crippen LogP contribution in [0.4, 0.5) is 5.69 Å². The van der Waals surface area contributed by atoms with E-state index in [1.807, 2.05) is 0 Å². The number of hydrogen-bond donors (Lipinski definition) is 2. The maximum Gasteiger partial charge on any atom is 0.0370 e. The minimum atomic E-state index is 0.522. The second-order valence-electron chi connectivity index (χ2n) is 3.68. The van der Waals surface area contributed by atoms with Crippen molar-refractivity contribution in [3.63, 3.8) is 0 Å². The standard InChI is InChI=1S/C11H17IN2/c1-8(6-13)7-14-11-4-3-10(12)5-9(11)2/h3-5,8,14H,6-7,13H2,1-2H3. The number of nitrogens with two attached hydrogens (primary N) is 1. The molecule has 14 heavy (non-hydrogen) atoms. The highest BCUT2D eigenvalue weighted by Crippen LogP contribution is 2.17. The van der Waals surface area contributed by atoms with E-state index in [0.29, 0.717) is 5.92 Å². The van der Waals surface area contributed by atoms with Gasteiger partial charge in [0, 0.05) is 15.8 Å². The lowest BCUT2D eigenvalue weighted by molar-refractivity contribution is 0.628. The second kappa shape index (κ2) is 5.56. The van der Waals surface area contributed by atoms with Crippen LogP contribution in [0.2, 0.25) is 0 Å². The molecule has 1 unspecified atom stereocenters. The highest BCUT2D eigenvalue weighted by Gasteiger charge is 2.01. The Morgan fingerprint density at radius 1 is 1.50 bits per heavy atom. The van der Waals surface area contributed by atoms with E-state index < -0.39 is 0 Å². The third-order valence-corrected chi connectivity index (χ3v) is 2.90. The van der Waals surface area contributed by atoms with Gasteiger partial charge in [-0.1, -0.05) is 6.92 Å². The van der Waals surface area contributed by atoms with E-state index in [1.165, 1.54) is 14.8 Å². The molecule has 0 aliphatic heterocycles. The van der Waals surface area contributed by atoms with Crippen LogP contribution >= 0.6 is 22.6 Å². The lowest BCUT2D eigenvalue weighted by atomic mass is 10.1. The number of nitrogens with one attached hydrogen (secondary N) is 1. The lowest BCUT2D eigenvalue weighted by Gasteiger charge is -2.13. The topological polar surface area (TPSA) is 38.0 Å². The summed E-state index contributed by atoms with van der Waals surface area (Å²) in [6.07, 6.45) is 0. The molecule has 0 saturated carbocycles. The molecule has 78 valence electrons. The van der Waals surface area contributed by atoms with Gasteiger partial charge in [0.1, 0.15) is 0 Å². The molecular formula is C11H17IN2. The molecule has 0 spiro atoms. The van der Waals surface area contributed by atoms with Crippen LogP contribution < -0.4 is 11.1 Å². The fourth-order valence-electron chi connectivity index (χ4n) is 1.19. The van der Waals surface area contributed by atoms with E-state index in [-0.39, 0.29) is 0 Å². The summed E-state index contributed by atoms with van der Waals surface area (Å²) in [6, 6.07) is 6.42. The fraction of sp³-hybridized carbons (Fsp3) is 0.455. The minimum absolute atomic E-state index is 0.522. The number of hydrogen-bond acceptors (Lipinski definition) is 2. The smallest absolute Gasteiger partial charge is 0.0370 e. The SMILES string of the molecule is Cc1cc(I)ccc1NCC(C)CN. The van der Waals surface area contributed by atoms with E-state index in [9.17, 15) is 0 Å². The van der Waals surface area contributed by atoms with Crippen LogP contribution in [0.15, 0.2) is 18.2 Å². The zero-order chi connectivity index (χ0) is 10.6. The van der Waals surface area contributed by atoms with Gasteiger partial charge in [0.15, 0.2) is 0 Å². The Kier molecular flexibility index (Phi) is 4.68. The molecule has 0 heterocycles. The lowest BCUT2D eigenvalue weighted by Crippen LogP contribution is -2.20. The molecule has 3 heteroatoms. The Hall–Kier alpha value is -0.290. The van der Waals surface area contributed by atoms with Crippen LogP contribution in [0.1, 0.15) is 12.5 Å². The molecule has 0 bridgehead atoms. The molecule has 0 saturated heterocycles. The molecule has 0 aliphatic rings.